The fourth-order valence-corrected chi connectivity index (χ4v) is 5.24. The zero-order chi connectivity index (χ0) is 30.0. The van der Waals surface area contributed by atoms with Gasteiger partial charge in [-0.3, -0.25) is 0 Å². The lowest BCUT2D eigenvalue weighted by Gasteiger charge is -2.45. The van der Waals surface area contributed by atoms with E-state index in [9.17, 15) is 35.7 Å². The van der Waals surface area contributed by atoms with Crippen molar-refractivity contribution < 1.29 is 54.7 Å². The maximum Gasteiger partial charge on any atom is 0.187 e. The van der Waals surface area contributed by atoms with Gasteiger partial charge in [0.25, 0.3) is 0 Å². The zero-order valence-electron chi connectivity index (χ0n) is 24.7. The Kier molecular flexibility index (Phi) is 18.8. The van der Waals surface area contributed by atoms with Crippen LogP contribution in [0.3, 0.4) is 0 Å². The van der Waals surface area contributed by atoms with Crippen LogP contribution in [0.4, 0.5) is 0 Å². The monoisotopic (exact) mass is 592 g/mol. The second kappa shape index (κ2) is 21.1. The Labute approximate surface area is 245 Å². The van der Waals surface area contributed by atoms with Crippen molar-refractivity contribution in [1.82, 2.24) is 0 Å². The number of hydrogen-bond acceptors (Lipinski definition) is 11. The largest absolute Gasteiger partial charge is 0.394 e. The Morgan fingerprint density at radius 3 is 1.66 bits per heavy atom. The van der Waals surface area contributed by atoms with E-state index < -0.39 is 74.6 Å². The fraction of sp³-hybridized carbons (Fsp3) is 0.933. The fourth-order valence-electron chi connectivity index (χ4n) is 5.24. The van der Waals surface area contributed by atoms with Gasteiger partial charge < -0.3 is 54.7 Å². The smallest absolute Gasteiger partial charge is 0.187 e. The molecule has 0 aliphatic carbocycles. The molecule has 2 aliphatic rings. The summed E-state index contributed by atoms with van der Waals surface area (Å²) in [5, 5.41) is 70.5. The predicted molar refractivity (Wildman–Crippen MR) is 152 cm³/mol. The molecule has 41 heavy (non-hydrogen) atoms. The van der Waals surface area contributed by atoms with Gasteiger partial charge in [-0.05, 0) is 32.1 Å². The topological polar surface area (TPSA) is 179 Å². The molecule has 2 rings (SSSR count). The molecule has 0 aromatic carbocycles. The Morgan fingerprint density at radius 1 is 0.561 bits per heavy atom. The van der Waals surface area contributed by atoms with E-state index >= 15 is 0 Å². The Morgan fingerprint density at radius 2 is 1.07 bits per heavy atom. The van der Waals surface area contributed by atoms with Crippen LogP contribution in [0, 0.1) is 0 Å². The van der Waals surface area contributed by atoms with Gasteiger partial charge in [-0.1, -0.05) is 76.9 Å². The lowest BCUT2D eigenvalue weighted by Crippen LogP contribution is -2.64. The molecular formula is C30H56O11. The number of hydrogen-bond donors (Lipinski definition) is 7. The predicted octanol–water partition coefficient (Wildman–Crippen LogP) is 1.66. The molecule has 10 atom stereocenters. The molecule has 11 heteroatoms. The van der Waals surface area contributed by atoms with Crippen LogP contribution in [-0.2, 0) is 18.9 Å². The summed E-state index contributed by atoms with van der Waals surface area (Å²) in [6.45, 7) is 1.33. The summed E-state index contributed by atoms with van der Waals surface area (Å²) in [4.78, 5) is 0. The summed E-state index contributed by atoms with van der Waals surface area (Å²) in [6, 6.07) is 0. The first kappa shape index (κ1) is 36.5. The number of aliphatic hydroxyl groups is 7. The summed E-state index contributed by atoms with van der Waals surface area (Å²) in [7, 11) is 0. The van der Waals surface area contributed by atoms with Gasteiger partial charge in [0.2, 0.25) is 0 Å². The molecule has 7 N–H and O–H groups in total. The van der Waals surface area contributed by atoms with Crippen LogP contribution in [0.1, 0.15) is 96.8 Å². The first-order valence-electron chi connectivity index (χ1n) is 15.7. The number of allylic oxidation sites excluding steroid dienone is 2. The van der Waals surface area contributed by atoms with Gasteiger partial charge in [-0.15, -0.1) is 0 Å². The van der Waals surface area contributed by atoms with Crippen LogP contribution in [0.2, 0.25) is 0 Å². The van der Waals surface area contributed by atoms with Crippen LogP contribution < -0.4 is 0 Å². The lowest BCUT2D eigenvalue weighted by atomic mass is 9.97. The second-order valence-electron chi connectivity index (χ2n) is 11.3. The third-order valence-corrected chi connectivity index (χ3v) is 7.90. The van der Waals surface area contributed by atoms with E-state index in [-0.39, 0.29) is 0 Å². The molecule has 0 aromatic heterocycles. The minimum Gasteiger partial charge on any atom is -0.394 e. The Balaban J connectivity index is 1.59. The first-order valence-corrected chi connectivity index (χ1v) is 15.7. The summed E-state index contributed by atoms with van der Waals surface area (Å²) in [5.74, 6) is 0. The molecular weight excluding hydrogens is 536 g/mol. The highest BCUT2D eigenvalue weighted by Crippen LogP contribution is 2.29. The molecule has 0 amide bonds. The summed E-state index contributed by atoms with van der Waals surface area (Å²) in [5.41, 5.74) is 0. The second-order valence-corrected chi connectivity index (χ2v) is 11.3. The number of unbranched alkanes of at least 4 members (excludes halogenated alkanes) is 12. The molecule has 0 aromatic rings. The Hall–Kier alpha value is -0.700. The van der Waals surface area contributed by atoms with Crippen molar-refractivity contribution in [3.8, 4) is 0 Å². The summed E-state index contributed by atoms with van der Waals surface area (Å²) in [6.07, 6.45) is 6.90. The van der Waals surface area contributed by atoms with Crippen molar-refractivity contribution in [2.45, 2.75) is 158 Å². The highest BCUT2D eigenvalue weighted by Gasteiger charge is 2.50. The van der Waals surface area contributed by atoms with Crippen molar-refractivity contribution in [1.29, 1.82) is 0 Å². The van der Waals surface area contributed by atoms with E-state index in [0.717, 1.165) is 32.1 Å². The zero-order valence-corrected chi connectivity index (χ0v) is 24.7. The van der Waals surface area contributed by atoms with Crippen molar-refractivity contribution in [3.63, 3.8) is 0 Å². The number of rotatable bonds is 21. The average Bonchev–Trinajstić information content (AvgIpc) is 2.98. The van der Waals surface area contributed by atoms with E-state index in [0.29, 0.717) is 6.61 Å². The van der Waals surface area contributed by atoms with Crippen LogP contribution in [0.15, 0.2) is 12.2 Å². The summed E-state index contributed by atoms with van der Waals surface area (Å²) >= 11 is 0. The van der Waals surface area contributed by atoms with Gasteiger partial charge >= 0.3 is 0 Å². The van der Waals surface area contributed by atoms with Gasteiger partial charge in [0.05, 0.1) is 13.2 Å². The first-order chi connectivity index (χ1) is 19.8. The third kappa shape index (κ3) is 12.4. The number of aliphatic hydroxyl groups excluding tert-OH is 7. The minimum absolute atomic E-state index is 0.312. The van der Waals surface area contributed by atoms with Crippen LogP contribution >= 0.6 is 0 Å². The molecule has 0 saturated carbocycles. The van der Waals surface area contributed by atoms with Gasteiger partial charge in [0.1, 0.15) is 48.8 Å². The molecule has 0 unspecified atom stereocenters. The molecule has 2 saturated heterocycles. The standard InChI is InChI=1S/C30H56O11/c1-2-3-4-5-6-7-8-9-10-11-12-13-14-15-16-17-18-38-29-27(37)25(35)28(22(20-32)40-29)41-30-26(36)24(34)23(33)21(19-31)39-30/h9-10,21-37H,2-8,11-20H2,1H3/b10-9-/t21-,22-,23-,24+,25-,26-,27-,28-,29-,30-/m1/s1. The van der Waals surface area contributed by atoms with Crippen LogP contribution in [0.5, 0.6) is 0 Å². The van der Waals surface area contributed by atoms with E-state index in [4.69, 9.17) is 18.9 Å². The maximum absolute atomic E-state index is 10.7. The van der Waals surface area contributed by atoms with E-state index in [1.165, 1.54) is 57.8 Å². The summed E-state index contributed by atoms with van der Waals surface area (Å²) < 4.78 is 22.1. The van der Waals surface area contributed by atoms with Crippen LogP contribution in [-0.4, -0.2) is 117 Å². The highest BCUT2D eigenvalue weighted by atomic mass is 16.7. The average molecular weight is 593 g/mol. The highest BCUT2D eigenvalue weighted by molar-refractivity contribution is 4.94. The van der Waals surface area contributed by atoms with E-state index in [1.807, 2.05) is 0 Å². The molecule has 2 heterocycles. The van der Waals surface area contributed by atoms with Crippen molar-refractivity contribution in [2.75, 3.05) is 19.8 Å². The molecule has 0 radical (unpaired) electrons. The van der Waals surface area contributed by atoms with Crippen LogP contribution in [0.25, 0.3) is 0 Å². The molecule has 0 bridgehead atoms. The molecule has 11 nitrogen and oxygen atoms in total. The maximum atomic E-state index is 10.7. The molecule has 242 valence electrons. The third-order valence-electron chi connectivity index (χ3n) is 7.90. The normalized spacial score (nSPS) is 34.4. The quantitative estimate of drug-likeness (QED) is 0.0761. The van der Waals surface area contributed by atoms with Crippen molar-refractivity contribution in [3.05, 3.63) is 12.2 Å². The van der Waals surface area contributed by atoms with Crippen molar-refractivity contribution >= 4 is 0 Å². The molecule has 2 fully saturated rings. The van der Waals surface area contributed by atoms with Gasteiger partial charge in [0, 0.05) is 6.61 Å². The molecule has 0 spiro atoms. The van der Waals surface area contributed by atoms with Gasteiger partial charge in [-0.25, -0.2) is 0 Å². The van der Waals surface area contributed by atoms with Crippen molar-refractivity contribution in [2.24, 2.45) is 0 Å². The number of ether oxygens (including phenoxy) is 4. The van der Waals surface area contributed by atoms with Gasteiger partial charge in [0.15, 0.2) is 12.6 Å². The van der Waals surface area contributed by atoms with E-state index in [2.05, 4.69) is 19.1 Å². The van der Waals surface area contributed by atoms with E-state index in [1.54, 1.807) is 0 Å². The Bertz CT molecular complexity index is 677. The molecule has 2 aliphatic heterocycles. The van der Waals surface area contributed by atoms with Gasteiger partial charge in [-0.2, -0.15) is 0 Å². The lowest BCUT2D eigenvalue weighted by molar-refractivity contribution is -0.359. The minimum atomic E-state index is -1.70. The SMILES string of the molecule is CCCCCCCC/C=C\CCCCCCCCO[C@@H]1O[C@H](CO)[C@@H](O[C@H]2O[C@H](CO)[C@@H](O)[C@H](O)[C@H]2O)[C@H](O)[C@H]1O.